The molecule has 0 spiro atoms. The van der Waals surface area contributed by atoms with Gasteiger partial charge in [0.25, 0.3) is 0 Å². The highest BCUT2D eigenvalue weighted by molar-refractivity contribution is 5.91. The van der Waals surface area contributed by atoms with E-state index < -0.39 is 0 Å². The van der Waals surface area contributed by atoms with Gasteiger partial charge < -0.3 is 33.9 Å². The van der Waals surface area contributed by atoms with E-state index in [4.69, 9.17) is 23.7 Å². The van der Waals surface area contributed by atoms with Crippen LogP contribution in [0.3, 0.4) is 0 Å². The van der Waals surface area contributed by atoms with E-state index in [2.05, 4.69) is 20.3 Å². The number of rotatable bonds is 14. The van der Waals surface area contributed by atoms with E-state index in [9.17, 15) is 4.79 Å². The van der Waals surface area contributed by atoms with E-state index in [0.717, 1.165) is 11.3 Å². The largest absolute Gasteiger partial charge is 0.487 e. The van der Waals surface area contributed by atoms with Crippen molar-refractivity contribution in [3.05, 3.63) is 66.6 Å². The van der Waals surface area contributed by atoms with Gasteiger partial charge in [-0.15, -0.1) is 0 Å². The van der Waals surface area contributed by atoms with E-state index in [1.54, 1.807) is 50.7 Å². The van der Waals surface area contributed by atoms with Crippen LogP contribution >= 0.6 is 0 Å². The summed E-state index contributed by atoms with van der Waals surface area (Å²) in [5.41, 5.74) is 2.42. The van der Waals surface area contributed by atoms with Gasteiger partial charge in [0, 0.05) is 34.4 Å². The van der Waals surface area contributed by atoms with Gasteiger partial charge in [-0.3, -0.25) is 4.79 Å². The first-order valence-electron chi connectivity index (χ1n) is 12.7. The van der Waals surface area contributed by atoms with Crippen LogP contribution in [-0.4, -0.2) is 75.6 Å². The van der Waals surface area contributed by atoms with Crippen LogP contribution in [0.5, 0.6) is 23.1 Å². The van der Waals surface area contributed by atoms with Gasteiger partial charge in [0.1, 0.15) is 31.1 Å². The highest BCUT2D eigenvalue weighted by Gasteiger charge is 2.14. The molecule has 0 aliphatic heterocycles. The normalized spacial score (nSPS) is 10.8. The van der Waals surface area contributed by atoms with Crippen molar-refractivity contribution in [2.75, 3.05) is 65.0 Å². The molecule has 2 aromatic carbocycles. The monoisotopic (exact) mass is 547 g/mol. The maximum Gasteiger partial charge on any atom is 0.230 e. The van der Waals surface area contributed by atoms with Crippen molar-refractivity contribution in [2.24, 2.45) is 0 Å². The summed E-state index contributed by atoms with van der Waals surface area (Å²) in [4.78, 5) is 27.4. The summed E-state index contributed by atoms with van der Waals surface area (Å²) in [6.07, 6.45) is 3.34. The number of ether oxygens (including phenoxy) is 5. The van der Waals surface area contributed by atoms with Gasteiger partial charge in [0.05, 0.1) is 42.4 Å². The minimum atomic E-state index is -0.162. The predicted molar refractivity (Wildman–Crippen MR) is 152 cm³/mol. The molecule has 1 N–H and O–H groups in total. The summed E-state index contributed by atoms with van der Waals surface area (Å²) in [7, 11) is 7.09. The Morgan fingerprint density at radius 3 is 2.17 bits per heavy atom. The Balaban J connectivity index is 1.45. The molecule has 2 aromatic heterocycles. The van der Waals surface area contributed by atoms with E-state index >= 15 is 0 Å². The lowest BCUT2D eigenvalue weighted by Gasteiger charge is -2.15. The van der Waals surface area contributed by atoms with E-state index in [0.29, 0.717) is 66.3 Å². The molecule has 11 heteroatoms. The lowest BCUT2D eigenvalue weighted by atomic mass is 10.1. The Morgan fingerprint density at radius 2 is 1.55 bits per heavy atom. The van der Waals surface area contributed by atoms with Crippen LogP contribution in [0.25, 0.3) is 10.9 Å². The van der Waals surface area contributed by atoms with Crippen LogP contribution in [0.1, 0.15) is 5.56 Å². The van der Waals surface area contributed by atoms with Crippen LogP contribution in [-0.2, 0) is 20.7 Å². The van der Waals surface area contributed by atoms with Gasteiger partial charge in [-0.2, -0.15) is 0 Å². The maximum absolute atomic E-state index is 12.5. The Hall–Kier alpha value is -4.48. The molecule has 0 fully saturated rings. The molecular weight excluding hydrogens is 514 g/mol. The van der Waals surface area contributed by atoms with Gasteiger partial charge >= 0.3 is 0 Å². The number of pyridine rings is 1. The zero-order valence-electron chi connectivity index (χ0n) is 23.0. The second kappa shape index (κ2) is 14.1. The average Bonchev–Trinajstić information content (AvgIpc) is 2.95. The van der Waals surface area contributed by atoms with E-state index in [1.807, 2.05) is 37.2 Å². The third kappa shape index (κ3) is 7.78. The van der Waals surface area contributed by atoms with E-state index in [1.165, 1.54) is 6.33 Å². The van der Waals surface area contributed by atoms with Crippen molar-refractivity contribution < 1.29 is 28.5 Å². The number of hydrogen-bond donors (Lipinski definition) is 1. The molecule has 2 heterocycles. The molecule has 210 valence electrons. The number of hydrogen-bond acceptors (Lipinski definition) is 10. The van der Waals surface area contributed by atoms with Crippen LogP contribution in [0.4, 0.5) is 11.5 Å². The minimum Gasteiger partial charge on any atom is -0.487 e. The summed E-state index contributed by atoms with van der Waals surface area (Å²) in [6.45, 7) is 1.57. The summed E-state index contributed by atoms with van der Waals surface area (Å²) in [5.74, 6) is 2.33. The number of nitrogens with zero attached hydrogens (tertiary/aromatic N) is 4. The summed E-state index contributed by atoms with van der Waals surface area (Å²) >= 11 is 0. The smallest absolute Gasteiger partial charge is 0.230 e. The van der Waals surface area contributed by atoms with Gasteiger partial charge in [-0.05, 0) is 35.9 Å². The number of fused-ring (bicyclic) bond motifs is 1. The van der Waals surface area contributed by atoms with Gasteiger partial charge in [0.2, 0.25) is 11.8 Å². The van der Waals surface area contributed by atoms with Crippen LogP contribution < -0.4 is 24.4 Å². The number of aromatic nitrogens is 3. The number of nitrogens with one attached hydrogen (secondary N) is 1. The van der Waals surface area contributed by atoms with Crippen LogP contribution in [0.15, 0.2) is 61.1 Å². The van der Waals surface area contributed by atoms with Crippen LogP contribution in [0.2, 0.25) is 0 Å². The minimum absolute atomic E-state index is 0.162. The number of benzene rings is 2. The number of carbonyl (C=O) groups excluding carboxylic acids is 1. The standard InChI is InChI=1S/C29H33N5O6/c1-34(2)21-7-10-27(30-18-21)33-28(35)15-20-5-8-22(9-6-20)40-29-23-16-25(38-13-11-36-3)26(39-14-12-37-4)17-24(23)31-19-32-29/h5-10,16-19H,11-15H2,1-4H3,(H,30,33,35). The molecule has 4 aromatic rings. The first kappa shape index (κ1) is 28.5. The summed E-state index contributed by atoms with van der Waals surface area (Å²) in [6, 6.07) is 14.5. The third-order valence-corrected chi connectivity index (χ3v) is 5.79. The Morgan fingerprint density at radius 1 is 0.850 bits per heavy atom. The van der Waals surface area contributed by atoms with Crippen molar-refractivity contribution in [3.8, 4) is 23.1 Å². The van der Waals surface area contributed by atoms with Crippen molar-refractivity contribution in [2.45, 2.75) is 6.42 Å². The Labute approximate surface area is 233 Å². The zero-order valence-corrected chi connectivity index (χ0v) is 23.0. The topological polar surface area (TPSA) is 117 Å². The second-order valence-corrected chi connectivity index (χ2v) is 8.94. The van der Waals surface area contributed by atoms with Crippen molar-refractivity contribution in [3.63, 3.8) is 0 Å². The molecule has 0 saturated heterocycles. The van der Waals surface area contributed by atoms with Gasteiger partial charge in [0.15, 0.2) is 11.5 Å². The molecule has 0 atom stereocenters. The molecular formula is C29H33N5O6. The first-order chi connectivity index (χ1) is 19.5. The Bertz CT molecular complexity index is 1400. The maximum atomic E-state index is 12.5. The highest BCUT2D eigenvalue weighted by Crippen LogP contribution is 2.36. The number of anilines is 2. The van der Waals surface area contributed by atoms with Crippen LogP contribution in [0, 0.1) is 0 Å². The van der Waals surface area contributed by atoms with Gasteiger partial charge in [-0.1, -0.05) is 12.1 Å². The molecule has 0 bridgehead atoms. The third-order valence-electron chi connectivity index (χ3n) is 5.79. The first-order valence-corrected chi connectivity index (χ1v) is 12.7. The zero-order chi connectivity index (χ0) is 28.3. The average molecular weight is 548 g/mol. The lowest BCUT2D eigenvalue weighted by molar-refractivity contribution is -0.115. The molecule has 0 radical (unpaired) electrons. The molecule has 0 saturated carbocycles. The molecule has 0 unspecified atom stereocenters. The van der Waals surface area contributed by atoms with Crippen molar-refractivity contribution in [1.29, 1.82) is 0 Å². The quantitative estimate of drug-likeness (QED) is 0.231. The molecule has 0 aliphatic rings. The number of amides is 1. The Kier molecular flexibility index (Phi) is 10.0. The van der Waals surface area contributed by atoms with Gasteiger partial charge in [-0.25, -0.2) is 15.0 Å². The highest BCUT2D eigenvalue weighted by atomic mass is 16.5. The molecule has 4 rings (SSSR count). The fraction of sp³-hybridized carbons (Fsp3) is 0.310. The molecule has 1 amide bonds. The number of carbonyl (C=O) groups is 1. The summed E-state index contributed by atoms with van der Waals surface area (Å²) < 4.78 is 28.0. The molecule has 0 aliphatic carbocycles. The van der Waals surface area contributed by atoms with Crippen molar-refractivity contribution >= 4 is 28.3 Å². The second-order valence-electron chi connectivity index (χ2n) is 8.94. The lowest BCUT2D eigenvalue weighted by Crippen LogP contribution is -2.15. The van der Waals surface area contributed by atoms with E-state index in [-0.39, 0.29) is 12.3 Å². The fourth-order valence-corrected chi connectivity index (χ4v) is 3.70. The predicted octanol–water partition coefficient (Wildman–Crippen LogP) is 4.11. The SMILES string of the molecule is COCCOc1cc2ncnc(Oc3ccc(CC(=O)Nc4ccc(N(C)C)cn4)cc3)c2cc1OCCOC. The summed E-state index contributed by atoms with van der Waals surface area (Å²) in [5, 5.41) is 3.48. The number of methoxy groups -OCH3 is 2. The molecule has 40 heavy (non-hydrogen) atoms. The molecule has 11 nitrogen and oxygen atoms in total. The van der Waals surface area contributed by atoms with Crippen molar-refractivity contribution in [1.82, 2.24) is 15.0 Å². The fourth-order valence-electron chi connectivity index (χ4n) is 3.70.